The van der Waals surface area contributed by atoms with Gasteiger partial charge in [-0.05, 0) is 5.56 Å². The van der Waals surface area contributed by atoms with Crippen LogP contribution in [0.5, 0.6) is 0 Å². The minimum absolute atomic E-state index is 0.126. The van der Waals surface area contributed by atoms with Crippen LogP contribution in [0.25, 0.3) is 0 Å². The zero-order chi connectivity index (χ0) is 15.2. The maximum atomic E-state index is 12.4. The fourth-order valence-electron chi connectivity index (χ4n) is 2.28. The van der Waals surface area contributed by atoms with Gasteiger partial charge in [-0.2, -0.15) is 0 Å². The van der Waals surface area contributed by atoms with Crippen LogP contribution in [0.3, 0.4) is 0 Å². The van der Waals surface area contributed by atoms with Gasteiger partial charge in [0.1, 0.15) is 6.04 Å². The number of imide groups is 1. The molecular weight excluding hydrogens is 272 g/mol. The fraction of sp³-hybridized carbons (Fsp3) is 0.357. The molecule has 2 rings (SSSR count). The Hall–Kier alpha value is -2.41. The molecule has 1 saturated heterocycles. The van der Waals surface area contributed by atoms with Gasteiger partial charge in [0.05, 0.1) is 6.54 Å². The number of nitrogens with zero attached hydrogens (tertiary/aromatic N) is 1. The van der Waals surface area contributed by atoms with Crippen LogP contribution in [0.4, 0.5) is 4.79 Å². The van der Waals surface area contributed by atoms with E-state index in [-0.39, 0.29) is 12.5 Å². The van der Waals surface area contributed by atoms with Crippen molar-refractivity contribution in [1.82, 2.24) is 20.9 Å². The normalized spacial score (nSPS) is 16.7. The van der Waals surface area contributed by atoms with Crippen LogP contribution in [0.15, 0.2) is 30.3 Å². The summed E-state index contributed by atoms with van der Waals surface area (Å²) in [5.41, 5.74) is 0.744. The quantitative estimate of drug-likeness (QED) is 0.707. The molecule has 4 amide bonds. The van der Waals surface area contributed by atoms with E-state index in [1.807, 2.05) is 18.2 Å². The van der Waals surface area contributed by atoms with E-state index in [2.05, 4.69) is 16.0 Å². The number of carbonyl (C=O) groups excluding carboxylic acids is 3. The van der Waals surface area contributed by atoms with E-state index >= 15 is 0 Å². The lowest BCUT2D eigenvalue weighted by Gasteiger charge is -2.33. The number of carbonyl (C=O) groups is 3. The van der Waals surface area contributed by atoms with E-state index in [1.165, 1.54) is 7.05 Å². The average Bonchev–Trinajstić information content (AvgIpc) is 2.48. The highest BCUT2D eigenvalue weighted by Crippen LogP contribution is 2.21. The van der Waals surface area contributed by atoms with Crippen molar-refractivity contribution in [1.29, 1.82) is 0 Å². The summed E-state index contributed by atoms with van der Waals surface area (Å²) in [5, 5.41) is 7.34. The maximum absolute atomic E-state index is 12.4. The summed E-state index contributed by atoms with van der Waals surface area (Å²) >= 11 is 0. The molecule has 1 heterocycles. The number of hydrogen-bond acceptors (Lipinski definition) is 4. The summed E-state index contributed by atoms with van der Waals surface area (Å²) < 4.78 is 0. The van der Waals surface area contributed by atoms with Crippen LogP contribution in [0, 0.1) is 0 Å². The highest BCUT2D eigenvalue weighted by Gasteiger charge is 2.31. The van der Waals surface area contributed by atoms with E-state index in [9.17, 15) is 14.4 Å². The van der Waals surface area contributed by atoms with E-state index in [0.29, 0.717) is 13.1 Å². The molecule has 7 heteroatoms. The molecule has 7 nitrogen and oxygen atoms in total. The third kappa shape index (κ3) is 3.79. The molecule has 0 saturated carbocycles. The lowest BCUT2D eigenvalue weighted by Crippen LogP contribution is -2.53. The van der Waals surface area contributed by atoms with Crippen LogP contribution < -0.4 is 16.0 Å². The van der Waals surface area contributed by atoms with Crippen molar-refractivity contribution < 1.29 is 14.4 Å². The molecule has 1 atom stereocenters. The molecule has 1 aromatic rings. The predicted octanol–water partition coefficient (Wildman–Crippen LogP) is -0.385. The van der Waals surface area contributed by atoms with E-state index < -0.39 is 18.0 Å². The molecule has 3 N–H and O–H groups in total. The van der Waals surface area contributed by atoms with E-state index in [1.54, 1.807) is 17.0 Å². The zero-order valence-corrected chi connectivity index (χ0v) is 11.8. The first kappa shape index (κ1) is 15.0. The molecule has 112 valence electrons. The molecule has 0 aromatic heterocycles. The first-order chi connectivity index (χ1) is 10.1. The first-order valence-corrected chi connectivity index (χ1v) is 6.70. The smallest absolute Gasteiger partial charge is 0.321 e. The van der Waals surface area contributed by atoms with Gasteiger partial charge in [-0.1, -0.05) is 30.3 Å². The minimum atomic E-state index is -0.672. The van der Waals surface area contributed by atoms with Crippen LogP contribution >= 0.6 is 0 Å². The van der Waals surface area contributed by atoms with Gasteiger partial charge in [-0.15, -0.1) is 0 Å². The summed E-state index contributed by atoms with van der Waals surface area (Å²) in [6.45, 7) is 1.16. The molecule has 0 spiro atoms. The Kier molecular flexibility index (Phi) is 4.89. The van der Waals surface area contributed by atoms with Crippen molar-refractivity contribution in [3.05, 3.63) is 35.9 Å². The summed E-state index contributed by atoms with van der Waals surface area (Å²) in [6.07, 6.45) is 0. The minimum Gasteiger partial charge on any atom is -0.354 e. The highest BCUT2D eigenvalue weighted by atomic mass is 16.2. The van der Waals surface area contributed by atoms with Gasteiger partial charge in [0.15, 0.2) is 0 Å². The standard InChI is InChI=1S/C14H18N4O3/c1-15-14(21)17-13(20)12(10-5-3-2-4-6-10)18-8-7-16-11(19)9-18/h2-6,12H,7-9H2,1H3,(H,16,19)(H2,15,17,20,21)/t12-/m1/s1. The second-order valence-electron chi connectivity index (χ2n) is 4.70. The topological polar surface area (TPSA) is 90.5 Å². The Morgan fingerprint density at radius 3 is 2.62 bits per heavy atom. The van der Waals surface area contributed by atoms with Crippen molar-refractivity contribution in [2.24, 2.45) is 0 Å². The second-order valence-corrected chi connectivity index (χ2v) is 4.70. The first-order valence-electron chi connectivity index (χ1n) is 6.70. The van der Waals surface area contributed by atoms with Gasteiger partial charge in [-0.25, -0.2) is 4.79 Å². The lowest BCUT2D eigenvalue weighted by molar-refractivity contribution is -0.130. The number of benzene rings is 1. The van der Waals surface area contributed by atoms with E-state index in [0.717, 1.165) is 5.56 Å². The van der Waals surface area contributed by atoms with Gasteiger partial charge in [0.2, 0.25) is 11.8 Å². The molecule has 21 heavy (non-hydrogen) atoms. The predicted molar refractivity (Wildman–Crippen MR) is 76.4 cm³/mol. The van der Waals surface area contributed by atoms with Crippen molar-refractivity contribution in [2.75, 3.05) is 26.7 Å². The van der Waals surface area contributed by atoms with Crippen molar-refractivity contribution >= 4 is 17.8 Å². The monoisotopic (exact) mass is 290 g/mol. The van der Waals surface area contributed by atoms with Crippen LogP contribution in [-0.2, 0) is 9.59 Å². The lowest BCUT2D eigenvalue weighted by atomic mass is 10.0. The molecule has 1 fully saturated rings. The number of hydrogen-bond donors (Lipinski definition) is 3. The van der Waals surface area contributed by atoms with Crippen molar-refractivity contribution in [2.45, 2.75) is 6.04 Å². The third-order valence-electron chi connectivity index (χ3n) is 3.26. The Morgan fingerprint density at radius 1 is 1.29 bits per heavy atom. The van der Waals surface area contributed by atoms with Gasteiger partial charge < -0.3 is 10.6 Å². The van der Waals surface area contributed by atoms with Crippen molar-refractivity contribution in [3.63, 3.8) is 0 Å². The zero-order valence-electron chi connectivity index (χ0n) is 11.8. The Labute approximate surface area is 122 Å². The number of rotatable bonds is 3. The molecule has 0 bridgehead atoms. The molecule has 0 unspecified atom stereocenters. The summed E-state index contributed by atoms with van der Waals surface area (Å²) in [4.78, 5) is 37.0. The van der Waals surface area contributed by atoms with Gasteiger partial charge in [-0.3, -0.25) is 19.8 Å². The highest BCUT2D eigenvalue weighted by molar-refractivity contribution is 5.97. The second kappa shape index (κ2) is 6.85. The molecular formula is C14H18N4O3. The SMILES string of the molecule is CNC(=O)NC(=O)[C@@H](c1ccccc1)N1CCNC(=O)C1. The van der Waals surface area contributed by atoms with E-state index in [4.69, 9.17) is 0 Å². The fourth-order valence-corrected chi connectivity index (χ4v) is 2.28. The van der Waals surface area contributed by atoms with Gasteiger partial charge in [0.25, 0.3) is 0 Å². The number of nitrogens with one attached hydrogen (secondary N) is 3. The molecule has 0 aliphatic carbocycles. The number of urea groups is 1. The van der Waals surface area contributed by atoms with Gasteiger partial charge in [0, 0.05) is 20.1 Å². The third-order valence-corrected chi connectivity index (χ3v) is 3.26. The summed E-state index contributed by atoms with van der Waals surface area (Å²) in [7, 11) is 1.44. The Balaban J connectivity index is 2.24. The number of amides is 4. The Morgan fingerprint density at radius 2 is 2.00 bits per heavy atom. The molecule has 0 radical (unpaired) electrons. The summed E-state index contributed by atoms with van der Waals surface area (Å²) in [6, 6.07) is 7.86. The van der Waals surface area contributed by atoms with Gasteiger partial charge >= 0.3 is 6.03 Å². The summed E-state index contributed by atoms with van der Waals surface area (Å²) in [5.74, 6) is -0.579. The maximum Gasteiger partial charge on any atom is 0.321 e. The van der Waals surface area contributed by atoms with Crippen LogP contribution in [0.1, 0.15) is 11.6 Å². The molecule has 1 aliphatic rings. The number of piperazine rings is 1. The molecule has 1 aliphatic heterocycles. The van der Waals surface area contributed by atoms with Crippen LogP contribution in [0.2, 0.25) is 0 Å². The molecule has 1 aromatic carbocycles. The van der Waals surface area contributed by atoms with Crippen molar-refractivity contribution in [3.8, 4) is 0 Å². The largest absolute Gasteiger partial charge is 0.354 e. The van der Waals surface area contributed by atoms with Crippen LogP contribution in [-0.4, -0.2) is 49.4 Å². The Bertz CT molecular complexity index is 532. The average molecular weight is 290 g/mol.